The van der Waals surface area contributed by atoms with Gasteiger partial charge in [0.2, 0.25) is 10.0 Å². The lowest BCUT2D eigenvalue weighted by Gasteiger charge is -2.09. The second-order valence-corrected chi connectivity index (χ2v) is 8.32. The fourth-order valence-electron chi connectivity index (χ4n) is 3.01. The fraction of sp³-hybridized carbons (Fsp3) is 0.100. The van der Waals surface area contributed by atoms with Crippen LogP contribution in [0.4, 0.5) is 0 Å². The Kier molecular flexibility index (Phi) is 4.89. The summed E-state index contributed by atoms with van der Waals surface area (Å²) >= 11 is 6.09. The number of rotatable bonds is 5. The first kappa shape index (κ1) is 18.6. The number of hydrogen-bond acceptors (Lipinski definition) is 5. The van der Waals surface area contributed by atoms with E-state index in [4.69, 9.17) is 16.1 Å². The average molecular weight is 414 g/mol. The van der Waals surface area contributed by atoms with Crippen LogP contribution >= 0.6 is 11.6 Å². The molecule has 0 atom stereocenters. The van der Waals surface area contributed by atoms with Crippen LogP contribution in [0.15, 0.2) is 70.2 Å². The maximum Gasteiger partial charge on any atom is 0.241 e. The first-order valence-corrected chi connectivity index (χ1v) is 10.4. The summed E-state index contributed by atoms with van der Waals surface area (Å²) < 4.78 is 33.8. The average Bonchev–Trinajstić information content (AvgIpc) is 3.07. The molecule has 0 bridgehead atoms. The van der Waals surface area contributed by atoms with Crippen molar-refractivity contribution in [3.05, 3.63) is 77.2 Å². The van der Waals surface area contributed by atoms with Crippen molar-refractivity contribution in [1.29, 1.82) is 0 Å². The monoisotopic (exact) mass is 413 g/mol. The van der Waals surface area contributed by atoms with Gasteiger partial charge in [-0.25, -0.2) is 18.1 Å². The van der Waals surface area contributed by atoms with Crippen LogP contribution in [0.25, 0.3) is 22.1 Å². The van der Waals surface area contributed by atoms with Crippen LogP contribution in [-0.2, 0) is 16.6 Å². The highest BCUT2D eigenvalue weighted by atomic mass is 35.5. The lowest BCUT2D eigenvalue weighted by atomic mass is 10.1. The number of aromatic nitrogens is 2. The van der Waals surface area contributed by atoms with E-state index in [0.29, 0.717) is 22.2 Å². The van der Waals surface area contributed by atoms with E-state index < -0.39 is 10.0 Å². The van der Waals surface area contributed by atoms with Crippen LogP contribution in [0.5, 0.6) is 0 Å². The first-order valence-electron chi connectivity index (χ1n) is 8.51. The summed E-state index contributed by atoms with van der Waals surface area (Å²) in [4.78, 5) is 4.13. The number of nitrogens with zero attached hydrogens (tertiary/aromatic N) is 2. The number of benzene rings is 2. The van der Waals surface area contributed by atoms with Crippen molar-refractivity contribution >= 4 is 32.4 Å². The number of pyridine rings is 1. The van der Waals surface area contributed by atoms with Crippen LogP contribution in [0.3, 0.4) is 0 Å². The number of fused-ring (bicyclic) bond motifs is 1. The van der Waals surface area contributed by atoms with Gasteiger partial charge in [-0.05, 0) is 19.1 Å². The van der Waals surface area contributed by atoms with Gasteiger partial charge in [0.15, 0.2) is 5.76 Å². The first-order chi connectivity index (χ1) is 13.5. The van der Waals surface area contributed by atoms with Crippen molar-refractivity contribution in [2.75, 3.05) is 0 Å². The van der Waals surface area contributed by atoms with Crippen LogP contribution in [0.1, 0.15) is 11.3 Å². The van der Waals surface area contributed by atoms with Gasteiger partial charge in [0.1, 0.15) is 10.8 Å². The smallest absolute Gasteiger partial charge is 0.241 e. The number of halogens is 1. The summed E-state index contributed by atoms with van der Waals surface area (Å²) in [5.74, 6) is 0.623. The van der Waals surface area contributed by atoms with Gasteiger partial charge in [-0.3, -0.25) is 0 Å². The van der Waals surface area contributed by atoms with E-state index in [0.717, 1.165) is 11.1 Å². The lowest BCUT2D eigenvalue weighted by Crippen LogP contribution is -2.24. The molecule has 2 heterocycles. The van der Waals surface area contributed by atoms with E-state index in [1.165, 1.54) is 12.3 Å². The van der Waals surface area contributed by atoms with E-state index in [2.05, 4.69) is 14.9 Å². The Labute approximate surface area is 167 Å². The molecule has 8 heteroatoms. The van der Waals surface area contributed by atoms with Crippen molar-refractivity contribution in [2.24, 2.45) is 0 Å². The summed E-state index contributed by atoms with van der Waals surface area (Å²) in [5, 5.41) is 5.38. The van der Waals surface area contributed by atoms with E-state index in [9.17, 15) is 8.42 Å². The maximum absolute atomic E-state index is 12.9. The highest BCUT2D eigenvalue weighted by Crippen LogP contribution is 2.28. The van der Waals surface area contributed by atoms with Gasteiger partial charge in [0.05, 0.1) is 11.4 Å². The molecule has 2 aromatic carbocycles. The summed E-state index contributed by atoms with van der Waals surface area (Å²) in [5.41, 5.74) is 2.21. The lowest BCUT2D eigenvalue weighted by molar-refractivity contribution is 0.422. The maximum atomic E-state index is 12.9. The molecule has 0 radical (unpaired) electrons. The zero-order valence-corrected chi connectivity index (χ0v) is 16.5. The van der Waals surface area contributed by atoms with Gasteiger partial charge in [0, 0.05) is 28.1 Å². The largest absolute Gasteiger partial charge is 0.356 e. The van der Waals surface area contributed by atoms with Gasteiger partial charge in [-0.2, -0.15) is 0 Å². The second-order valence-electron chi connectivity index (χ2n) is 6.23. The SMILES string of the molecule is Cc1c(CNS(=O)(=O)c2cccc3c(Cl)nccc23)noc1-c1ccccc1. The van der Waals surface area contributed by atoms with Gasteiger partial charge < -0.3 is 4.52 Å². The minimum atomic E-state index is -3.79. The third-order valence-electron chi connectivity index (χ3n) is 4.49. The van der Waals surface area contributed by atoms with Crippen LogP contribution in [0.2, 0.25) is 5.15 Å². The topological polar surface area (TPSA) is 85.1 Å². The number of sulfonamides is 1. The Hall–Kier alpha value is -2.74. The second kappa shape index (κ2) is 7.35. The van der Waals surface area contributed by atoms with Crippen molar-refractivity contribution in [3.8, 4) is 11.3 Å². The molecule has 0 spiro atoms. The number of hydrogen-bond donors (Lipinski definition) is 1. The van der Waals surface area contributed by atoms with Crippen molar-refractivity contribution < 1.29 is 12.9 Å². The van der Waals surface area contributed by atoms with E-state index in [1.807, 2.05) is 37.3 Å². The van der Waals surface area contributed by atoms with Crippen LogP contribution in [0, 0.1) is 6.92 Å². The molecule has 1 N–H and O–H groups in total. The van der Waals surface area contributed by atoms with Crippen LogP contribution in [-0.4, -0.2) is 18.6 Å². The molecule has 28 heavy (non-hydrogen) atoms. The Morgan fingerprint density at radius 1 is 1.04 bits per heavy atom. The Morgan fingerprint density at radius 2 is 1.82 bits per heavy atom. The summed E-state index contributed by atoms with van der Waals surface area (Å²) in [6.45, 7) is 1.87. The molecule has 0 amide bonds. The van der Waals surface area contributed by atoms with E-state index >= 15 is 0 Å². The summed E-state index contributed by atoms with van der Waals surface area (Å²) in [6, 6.07) is 16.1. The molecule has 0 aliphatic carbocycles. The predicted molar refractivity (Wildman–Crippen MR) is 107 cm³/mol. The minimum absolute atomic E-state index is 0.0136. The predicted octanol–water partition coefficient (Wildman–Crippen LogP) is 4.33. The molecule has 0 saturated heterocycles. The van der Waals surface area contributed by atoms with Gasteiger partial charge >= 0.3 is 0 Å². The van der Waals surface area contributed by atoms with E-state index in [-0.39, 0.29) is 16.6 Å². The molecule has 142 valence electrons. The van der Waals surface area contributed by atoms with Crippen molar-refractivity contribution in [3.63, 3.8) is 0 Å². The molecule has 0 unspecified atom stereocenters. The highest BCUT2D eigenvalue weighted by molar-refractivity contribution is 7.89. The molecule has 4 aromatic rings. The Balaban J connectivity index is 1.63. The molecule has 0 aliphatic rings. The zero-order valence-electron chi connectivity index (χ0n) is 14.9. The quantitative estimate of drug-likeness (QED) is 0.492. The third-order valence-corrected chi connectivity index (χ3v) is 6.25. The fourth-order valence-corrected chi connectivity index (χ4v) is 4.44. The molecule has 6 nitrogen and oxygen atoms in total. The standard InChI is InChI=1S/C20H16ClN3O3S/c1-13-17(24-27-19(13)14-6-3-2-4-7-14)12-23-28(25,26)18-9-5-8-16-15(18)10-11-22-20(16)21/h2-11,23H,12H2,1H3. The summed E-state index contributed by atoms with van der Waals surface area (Å²) in [6.07, 6.45) is 1.48. The third kappa shape index (κ3) is 3.40. The normalized spacial score (nSPS) is 11.8. The van der Waals surface area contributed by atoms with Gasteiger partial charge in [-0.15, -0.1) is 0 Å². The minimum Gasteiger partial charge on any atom is -0.356 e. The number of nitrogens with one attached hydrogen (secondary N) is 1. The van der Waals surface area contributed by atoms with Gasteiger partial charge in [0.25, 0.3) is 0 Å². The molecular weight excluding hydrogens is 398 g/mol. The van der Waals surface area contributed by atoms with Crippen molar-refractivity contribution in [1.82, 2.24) is 14.9 Å². The van der Waals surface area contributed by atoms with Crippen LogP contribution < -0.4 is 4.72 Å². The summed E-state index contributed by atoms with van der Waals surface area (Å²) in [7, 11) is -3.79. The Bertz CT molecular complexity index is 1250. The highest BCUT2D eigenvalue weighted by Gasteiger charge is 2.20. The van der Waals surface area contributed by atoms with E-state index in [1.54, 1.807) is 18.2 Å². The molecule has 4 rings (SSSR count). The van der Waals surface area contributed by atoms with Crippen molar-refractivity contribution in [2.45, 2.75) is 18.4 Å². The zero-order chi connectivity index (χ0) is 19.7. The molecule has 0 saturated carbocycles. The molecule has 2 aromatic heterocycles. The van der Waals surface area contributed by atoms with Gasteiger partial charge in [-0.1, -0.05) is 59.2 Å². The molecule has 0 aliphatic heterocycles. The Morgan fingerprint density at radius 3 is 2.61 bits per heavy atom. The molecular formula is C20H16ClN3O3S. The molecule has 0 fully saturated rings.